The SMILES string of the molecule is FCC(F)CCCCNC(F)F. The van der Waals surface area contributed by atoms with Crippen LogP contribution in [-0.2, 0) is 0 Å². The fourth-order valence-corrected chi connectivity index (χ4v) is 0.779. The van der Waals surface area contributed by atoms with Gasteiger partial charge < -0.3 is 0 Å². The largest absolute Gasteiger partial charge is 0.292 e. The van der Waals surface area contributed by atoms with Crippen molar-refractivity contribution in [2.45, 2.75) is 32.0 Å². The number of hydrogen-bond donors (Lipinski definition) is 1. The Kier molecular flexibility index (Phi) is 7.14. The van der Waals surface area contributed by atoms with Crippen LogP contribution in [0.5, 0.6) is 0 Å². The number of rotatable bonds is 7. The summed E-state index contributed by atoms with van der Waals surface area (Å²) in [5.41, 5.74) is 0. The average Bonchev–Trinajstić information content (AvgIpc) is 2.03. The molecule has 12 heavy (non-hydrogen) atoms. The summed E-state index contributed by atoms with van der Waals surface area (Å²) in [5, 5.41) is 1.89. The van der Waals surface area contributed by atoms with E-state index in [0.29, 0.717) is 12.8 Å². The summed E-state index contributed by atoms with van der Waals surface area (Å²) in [6.45, 7) is -3.36. The maximum atomic E-state index is 12.2. The van der Waals surface area contributed by atoms with E-state index in [0.717, 1.165) is 0 Å². The fourth-order valence-electron chi connectivity index (χ4n) is 0.779. The van der Waals surface area contributed by atoms with Gasteiger partial charge in [0, 0.05) is 6.54 Å². The molecule has 0 amide bonds. The molecule has 0 rings (SSSR count). The second kappa shape index (κ2) is 7.34. The molecule has 0 heterocycles. The van der Waals surface area contributed by atoms with Gasteiger partial charge in [-0.1, -0.05) is 0 Å². The third kappa shape index (κ3) is 7.78. The van der Waals surface area contributed by atoms with E-state index in [1.807, 2.05) is 5.32 Å². The molecule has 0 aliphatic heterocycles. The molecular formula is C7H13F4N. The van der Waals surface area contributed by atoms with E-state index in [1.54, 1.807) is 0 Å². The van der Waals surface area contributed by atoms with E-state index in [-0.39, 0.29) is 13.0 Å². The molecule has 1 nitrogen and oxygen atoms in total. The standard InChI is InChI=1S/C7H13F4N/c8-5-6(9)3-1-2-4-12-7(10)11/h6-7,12H,1-5H2. The lowest BCUT2D eigenvalue weighted by atomic mass is 10.2. The second-order valence-electron chi connectivity index (χ2n) is 2.50. The van der Waals surface area contributed by atoms with Crippen LogP contribution in [0.3, 0.4) is 0 Å². The number of halogens is 4. The first kappa shape index (κ1) is 11.7. The molecular weight excluding hydrogens is 174 g/mol. The van der Waals surface area contributed by atoms with Crippen molar-refractivity contribution in [1.82, 2.24) is 5.32 Å². The van der Waals surface area contributed by atoms with Crippen LogP contribution in [-0.4, -0.2) is 25.9 Å². The van der Waals surface area contributed by atoms with Crippen LogP contribution in [0, 0.1) is 0 Å². The fraction of sp³-hybridized carbons (Fsp3) is 1.00. The van der Waals surface area contributed by atoms with Gasteiger partial charge in [-0.15, -0.1) is 0 Å². The summed E-state index contributed by atoms with van der Waals surface area (Å²) in [6.07, 6.45) is -0.437. The van der Waals surface area contributed by atoms with E-state index < -0.39 is 19.4 Å². The molecule has 0 radical (unpaired) electrons. The first-order chi connectivity index (χ1) is 5.66. The molecule has 0 aromatic heterocycles. The third-order valence-electron chi connectivity index (χ3n) is 1.41. The maximum absolute atomic E-state index is 12.2. The predicted octanol–water partition coefficient (Wildman–Crippen LogP) is 2.28. The average molecular weight is 187 g/mol. The monoisotopic (exact) mass is 187 g/mol. The molecule has 1 unspecified atom stereocenters. The lowest BCUT2D eigenvalue weighted by molar-refractivity contribution is 0.107. The van der Waals surface area contributed by atoms with E-state index in [9.17, 15) is 17.6 Å². The van der Waals surface area contributed by atoms with Gasteiger partial charge in [0.1, 0.15) is 12.8 Å². The van der Waals surface area contributed by atoms with Crippen molar-refractivity contribution in [1.29, 1.82) is 0 Å². The Morgan fingerprint density at radius 2 is 1.75 bits per heavy atom. The summed E-state index contributed by atoms with van der Waals surface area (Å²) in [4.78, 5) is 0. The molecule has 74 valence electrons. The third-order valence-corrected chi connectivity index (χ3v) is 1.41. The highest BCUT2D eigenvalue weighted by atomic mass is 19.3. The van der Waals surface area contributed by atoms with Gasteiger partial charge in [0.15, 0.2) is 0 Å². The van der Waals surface area contributed by atoms with E-state index in [1.165, 1.54) is 0 Å². The first-order valence-corrected chi connectivity index (χ1v) is 3.88. The van der Waals surface area contributed by atoms with Crippen LogP contribution >= 0.6 is 0 Å². The summed E-state index contributed by atoms with van der Waals surface area (Å²) in [6, 6.07) is 0. The lowest BCUT2D eigenvalue weighted by Crippen LogP contribution is -2.21. The van der Waals surface area contributed by atoms with E-state index >= 15 is 0 Å². The van der Waals surface area contributed by atoms with E-state index in [2.05, 4.69) is 0 Å². The van der Waals surface area contributed by atoms with Crippen molar-refractivity contribution in [2.24, 2.45) is 0 Å². The summed E-state index contributed by atoms with van der Waals surface area (Å²) >= 11 is 0. The predicted molar refractivity (Wildman–Crippen MR) is 38.7 cm³/mol. The van der Waals surface area contributed by atoms with Gasteiger partial charge >= 0.3 is 0 Å². The Labute approximate surface area is 69.1 Å². The van der Waals surface area contributed by atoms with Crippen molar-refractivity contribution in [3.8, 4) is 0 Å². The zero-order chi connectivity index (χ0) is 9.40. The highest BCUT2D eigenvalue weighted by Crippen LogP contribution is 2.04. The van der Waals surface area contributed by atoms with E-state index in [4.69, 9.17) is 0 Å². The first-order valence-electron chi connectivity index (χ1n) is 3.88. The van der Waals surface area contributed by atoms with Crippen molar-refractivity contribution in [3.63, 3.8) is 0 Å². The van der Waals surface area contributed by atoms with Crippen LogP contribution in [0.2, 0.25) is 0 Å². The van der Waals surface area contributed by atoms with Gasteiger partial charge in [0.05, 0.1) is 0 Å². The topological polar surface area (TPSA) is 12.0 Å². The van der Waals surface area contributed by atoms with Gasteiger partial charge in [-0.05, 0) is 19.3 Å². The lowest BCUT2D eigenvalue weighted by Gasteiger charge is -2.04. The zero-order valence-electron chi connectivity index (χ0n) is 6.70. The van der Waals surface area contributed by atoms with Crippen LogP contribution in [0.4, 0.5) is 17.6 Å². The molecule has 0 aromatic rings. The summed E-state index contributed by atoms with van der Waals surface area (Å²) in [7, 11) is 0. The van der Waals surface area contributed by atoms with Crippen LogP contribution < -0.4 is 5.32 Å². The Balaban J connectivity index is 3.00. The molecule has 0 aromatic carbocycles. The van der Waals surface area contributed by atoms with Crippen molar-refractivity contribution < 1.29 is 17.6 Å². The minimum Gasteiger partial charge on any atom is -0.261 e. The van der Waals surface area contributed by atoms with Crippen LogP contribution in [0.1, 0.15) is 19.3 Å². The normalized spacial score (nSPS) is 13.8. The molecule has 5 heteroatoms. The number of unbranched alkanes of at least 4 members (excludes halogenated alkanes) is 1. The minimum absolute atomic E-state index is 0.113. The quantitative estimate of drug-likeness (QED) is 0.366. The molecule has 0 saturated carbocycles. The number of alkyl halides is 4. The Bertz CT molecular complexity index is 99.4. The second-order valence-corrected chi connectivity index (χ2v) is 2.50. The molecule has 0 aliphatic rings. The Morgan fingerprint density at radius 1 is 1.08 bits per heavy atom. The van der Waals surface area contributed by atoms with Gasteiger partial charge in [-0.2, -0.15) is 8.78 Å². The van der Waals surface area contributed by atoms with Gasteiger partial charge in [-0.25, -0.2) is 8.78 Å². The van der Waals surface area contributed by atoms with Gasteiger partial charge in [0.2, 0.25) is 0 Å². The van der Waals surface area contributed by atoms with Crippen LogP contribution in [0.15, 0.2) is 0 Å². The highest BCUT2D eigenvalue weighted by molar-refractivity contribution is 4.54. The van der Waals surface area contributed by atoms with Crippen LogP contribution in [0.25, 0.3) is 0 Å². The Morgan fingerprint density at radius 3 is 2.25 bits per heavy atom. The zero-order valence-corrected chi connectivity index (χ0v) is 6.70. The molecule has 1 N–H and O–H groups in total. The summed E-state index contributed by atoms with van der Waals surface area (Å²) < 4.78 is 46.6. The molecule has 0 aliphatic carbocycles. The molecule has 0 spiro atoms. The highest BCUT2D eigenvalue weighted by Gasteiger charge is 2.04. The molecule has 1 atom stereocenters. The molecule has 0 fully saturated rings. The van der Waals surface area contributed by atoms with Crippen molar-refractivity contribution in [2.75, 3.05) is 13.2 Å². The minimum atomic E-state index is -2.52. The number of nitrogens with one attached hydrogen (secondary N) is 1. The summed E-state index contributed by atoms with van der Waals surface area (Å²) in [5.74, 6) is 0. The molecule has 0 saturated heterocycles. The van der Waals surface area contributed by atoms with Gasteiger partial charge in [-0.3, -0.25) is 5.32 Å². The smallest absolute Gasteiger partial charge is 0.261 e. The van der Waals surface area contributed by atoms with Crippen molar-refractivity contribution in [3.05, 3.63) is 0 Å². The maximum Gasteiger partial charge on any atom is 0.292 e. The number of hydrogen-bond acceptors (Lipinski definition) is 1. The molecule has 0 bridgehead atoms. The Hall–Kier alpha value is -0.320. The van der Waals surface area contributed by atoms with Crippen molar-refractivity contribution >= 4 is 0 Å². The van der Waals surface area contributed by atoms with Gasteiger partial charge in [0.25, 0.3) is 6.55 Å².